The van der Waals surface area contributed by atoms with E-state index < -0.39 is 0 Å². The first-order chi connectivity index (χ1) is 13.3. The molecule has 1 atom stereocenters. The van der Waals surface area contributed by atoms with Gasteiger partial charge in [-0.15, -0.1) is 0 Å². The summed E-state index contributed by atoms with van der Waals surface area (Å²) in [6.07, 6.45) is 2.14. The van der Waals surface area contributed by atoms with Crippen LogP contribution in [0.25, 0.3) is 0 Å². The van der Waals surface area contributed by atoms with Crippen LogP contribution in [0, 0.1) is 0 Å². The number of ether oxygens (including phenoxy) is 1. The van der Waals surface area contributed by atoms with Gasteiger partial charge in [0.1, 0.15) is 12.4 Å². The van der Waals surface area contributed by atoms with Gasteiger partial charge in [-0.05, 0) is 43.6 Å². The van der Waals surface area contributed by atoms with E-state index in [0.29, 0.717) is 0 Å². The molecule has 0 saturated heterocycles. The van der Waals surface area contributed by atoms with Crippen molar-refractivity contribution < 1.29 is 4.74 Å². The summed E-state index contributed by atoms with van der Waals surface area (Å²) in [7, 11) is 2.23. The topological polar surface area (TPSA) is 12.5 Å². The Morgan fingerprint density at radius 3 is 2.26 bits per heavy atom. The molecule has 0 bridgehead atoms. The zero-order valence-electron chi connectivity index (χ0n) is 16.0. The predicted octanol–water partition coefficient (Wildman–Crippen LogP) is 4.93. The van der Waals surface area contributed by atoms with E-state index in [-0.39, 0.29) is 5.41 Å². The van der Waals surface area contributed by atoms with Gasteiger partial charge in [0.2, 0.25) is 0 Å². The van der Waals surface area contributed by atoms with Crippen molar-refractivity contribution in [2.45, 2.75) is 18.3 Å². The molecule has 0 N–H and O–H groups in total. The highest BCUT2D eigenvalue weighted by atomic mass is 16.5. The zero-order valence-corrected chi connectivity index (χ0v) is 16.0. The largest absolute Gasteiger partial charge is 0.492 e. The monoisotopic (exact) mass is 357 g/mol. The Balaban J connectivity index is 1.50. The molecular weight excluding hydrogens is 330 g/mol. The third-order valence-corrected chi connectivity index (χ3v) is 5.75. The maximum atomic E-state index is 6.11. The highest BCUT2D eigenvalue weighted by molar-refractivity contribution is 5.50. The van der Waals surface area contributed by atoms with E-state index in [1.54, 1.807) is 0 Å². The molecule has 1 unspecified atom stereocenters. The van der Waals surface area contributed by atoms with Crippen molar-refractivity contribution in [3.8, 4) is 5.75 Å². The van der Waals surface area contributed by atoms with Gasteiger partial charge in [-0.3, -0.25) is 0 Å². The first-order valence-corrected chi connectivity index (χ1v) is 9.78. The summed E-state index contributed by atoms with van der Waals surface area (Å²) in [5.74, 6) is 1.04. The summed E-state index contributed by atoms with van der Waals surface area (Å²) in [5.41, 5.74) is 4.02. The van der Waals surface area contributed by atoms with Crippen LogP contribution >= 0.6 is 0 Å². The van der Waals surface area contributed by atoms with Gasteiger partial charge in [0.05, 0.1) is 5.41 Å². The highest BCUT2D eigenvalue weighted by Crippen LogP contribution is 2.45. The number of likely N-dealkylation sites (N-methyl/N-ethyl adjacent to an activating group) is 1. The van der Waals surface area contributed by atoms with E-state index in [0.717, 1.165) is 38.3 Å². The second-order valence-corrected chi connectivity index (χ2v) is 7.52. The third kappa shape index (κ3) is 3.77. The minimum Gasteiger partial charge on any atom is -0.492 e. The van der Waals surface area contributed by atoms with Crippen LogP contribution in [0.3, 0.4) is 0 Å². The lowest BCUT2D eigenvalue weighted by molar-refractivity contribution is 0.248. The molecule has 0 fully saturated rings. The van der Waals surface area contributed by atoms with Crippen LogP contribution in [0.2, 0.25) is 0 Å². The van der Waals surface area contributed by atoms with Crippen molar-refractivity contribution in [1.82, 2.24) is 4.90 Å². The molecular formula is C25H27NO. The third-order valence-electron chi connectivity index (χ3n) is 5.75. The molecule has 0 aromatic heterocycles. The summed E-state index contributed by atoms with van der Waals surface area (Å²) < 4.78 is 6.11. The molecule has 1 aliphatic rings. The van der Waals surface area contributed by atoms with Gasteiger partial charge in [-0.2, -0.15) is 0 Å². The van der Waals surface area contributed by atoms with Crippen LogP contribution in [0.4, 0.5) is 0 Å². The Morgan fingerprint density at radius 1 is 0.815 bits per heavy atom. The average molecular weight is 357 g/mol. The lowest BCUT2D eigenvalue weighted by atomic mass is 9.73. The summed E-state index contributed by atoms with van der Waals surface area (Å²) in [4.78, 5) is 2.44. The zero-order chi connectivity index (χ0) is 18.5. The van der Waals surface area contributed by atoms with Crippen LogP contribution in [-0.2, 0) is 11.8 Å². The number of hydrogen-bond acceptors (Lipinski definition) is 2. The molecule has 4 rings (SSSR count). The number of para-hydroxylation sites is 1. The van der Waals surface area contributed by atoms with Crippen molar-refractivity contribution in [3.05, 3.63) is 102 Å². The lowest BCUT2D eigenvalue weighted by Gasteiger charge is -2.31. The molecule has 1 aliphatic heterocycles. The lowest BCUT2D eigenvalue weighted by Crippen LogP contribution is -2.35. The number of rotatable bonds is 7. The fraction of sp³-hybridized carbons (Fsp3) is 0.280. The maximum absolute atomic E-state index is 6.11. The van der Waals surface area contributed by atoms with Gasteiger partial charge in [0.25, 0.3) is 0 Å². The molecule has 0 saturated carbocycles. The molecule has 0 radical (unpaired) electrons. The van der Waals surface area contributed by atoms with Gasteiger partial charge < -0.3 is 9.64 Å². The van der Waals surface area contributed by atoms with E-state index in [2.05, 4.69) is 96.9 Å². The minimum atomic E-state index is -0.0567. The maximum Gasteiger partial charge on any atom is 0.123 e. The SMILES string of the molecule is CN(CCc1ccccc1)CCC1(c2ccccc2)COc2ccccc21. The van der Waals surface area contributed by atoms with E-state index in [9.17, 15) is 0 Å². The van der Waals surface area contributed by atoms with Gasteiger partial charge >= 0.3 is 0 Å². The molecule has 138 valence electrons. The van der Waals surface area contributed by atoms with Crippen LogP contribution in [0.15, 0.2) is 84.9 Å². The molecule has 0 aliphatic carbocycles. The minimum absolute atomic E-state index is 0.0567. The normalized spacial score (nSPS) is 18.3. The molecule has 2 nitrogen and oxygen atoms in total. The van der Waals surface area contributed by atoms with E-state index in [1.165, 1.54) is 16.7 Å². The van der Waals surface area contributed by atoms with Gasteiger partial charge in [0.15, 0.2) is 0 Å². The Hall–Kier alpha value is -2.58. The van der Waals surface area contributed by atoms with Gasteiger partial charge in [-0.25, -0.2) is 0 Å². The van der Waals surface area contributed by atoms with Gasteiger partial charge in [0, 0.05) is 12.1 Å². The molecule has 0 spiro atoms. The fourth-order valence-corrected chi connectivity index (χ4v) is 4.07. The van der Waals surface area contributed by atoms with Crippen molar-refractivity contribution in [2.24, 2.45) is 0 Å². The number of nitrogens with zero attached hydrogens (tertiary/aromatic N) is 1. The van der Waals surface area contributed by atoms with Gasteiger partial charge in [-0.1, -0.05) is 78.9 Å². The van der Waals surface area contributed by atoms with E-state index in [4.69, 9.17) is 4.74 Å². The Morgan fingerprint density at radius 2 is 1.48 bits per heavy atom. The second kappa shape index (κ2) is 7.98. The first kappa shape index (κ1) is 17.8. The second-order valence-electron chi connectivity index (χ2n) is 7.52. The van der Waals surface area contributed by atoms with Crippen LogP contribution in [0.1, 0.15) is 23.1 Å². The molecule has 3 aromatic rings. The van der Waals surface area contributed by atoms with Crippen molar-refractivity contribution in [3.63, 3.8) is 0 Å². The van der Waals surface area contributed by atoms with Crippen LogP contribution in [-0.4, -0.2) is 31.6 Å². The smallest absolute Gasteiger partial charge is 0.123 e. The predicted molar refractivity (Wildman–Crippen MR) is 111 cm³/mol. The quantitative estimate of drug-likeness (QED) is 0.594. The van der Waals surface area contributed by atoms with Crippen LogP contribution < -0.4 is 4.74 Å². The molecule has 3 aromatic carbocycles. The van der Waals surface area contributed by atoms with E-state index >= 15 is 0 Å². The Bertz CT molecular complexity index is 862. The first-order valence-electron chi connectivity index (χ1n) is 9.78. The standard InChI is InChI=1S/C25H27NO/c1-26(18-16-21-10-4-2-5-11-21)19-17-25(22-12-6-3-7-13-22)20-27-24-15-9-8-14-23(24)25/h2-15H,16-20H2,1H3. The fourth-order valence-electron chi connectivity index (χ4n) is 4.07. The summed E-state index contributed by atoms with van der Waals surface area (Å²) in [6.45, 7) is 2.83. The van der Waals surface area contributed by atoms with Crippen LogP contribution in [0.5, 0.6) is 5.75 Å². The summed E-state index contributed by atoms with van der Waals surface area (Å²) in [5, 5.41) is 0. The summed E-state index contributed by atoms with van der Waals surface area (Å²) >= 11 is 0. The summed E-state index contributed by atoms with van der Waals surface area (Å²) in [6, 6.07) is 30.1. The Kier molecular flexibility index (Phi) is 5.26. The van der Waals surface area contributed by atoms with E-state index in [1.807, 2.05) is 0 Å². The highest BCUT2D eigenvalue weighted by Gasteiger charge is 2.41. The average Bonchev–Trinajstić information content (AvgIpc) is 3.12. The molecule has 2 heteroatoms. The number of benzene rings is 3. The number of hydrogen-bond donors (Lipinski definition) is 0. The number of fused-ring (bicyclic) bond motifs is 1. The van der Waals surface area contributed by atoms with Crippen molar-refractivity contribution in [1.29, 1.82) is 0 Å². The molecule has 1 heterocycles. The molecule has 0 amide bonds. The van der Waals surface area contributed by atoms with Crippen molar-refractivity contribution >= 4 is 0 Å². The Labute approximate surface area is 162 Å². The molecule has 27 heavy (non-hydrogen) atoms. The van der Waals surface area contributed by atoms with Crippen molar-refractivity contribution in [2.75, 3.05) is 26.7 Å².